The van der Waals surface area contributed by atoms with Crippen molar-refractivity contribution in [2.75, 3.05) is 0 Å². The van der Waals surface area contributed by atoms with E-state index in [-0.39, 0.29) is 0 Å². The summed E-state index contributed by atoms with van der Waals surface area (Å²) in [4.78, 5) is 12.1. The number of allylic oxidation sites excluding steroid dienone is 1. The van der Waals surface area contributed by atoms with Crippen LogP contribution in [0.2, 0.25) is 0 Å². The number of aryl methyl sites for hydroxylation is 3. The van der Waals surface area contributed by atoms with E-state index in [1.165, 1.54) is 16.7 Å². The zero-order valence-electron chi connectivity index (χ0n) is 15.2. The second kappa shape index (κ2) is 7.52. The molecule has 6 heteroatoms. The predicted molar refractivity (Wildman–Crippen MR) is 105 cm³/mol. The number of aromatic nitrogens is 3. The van der Waals surface area contributed by atoms with Crippen molar-refractivity contribution in [2.24, 2.45) is 5.10 Å². The molecule has 0 amide bonds. The van der Waals surface area contributed by atoms with Crippen LogP contribution < -0.4 is 5.43 Å². The maximum absolute atomic E-state index is 8.94. The normalized spacial score (nSPS) is 13.1. The van der Waals surface area contributed by atoms with Crippen LogP contribution in [0.15, 0.2) is 48.1 Å². The van der Waals surface area contributed by atoms with Crippen molar-refractivity contribution in [2.45, 2.75) is 32.6 Å². The first-order valence-electron chi connectivity index (χ1n) is 9.10. The topological polar surface area (TPSA) is 94.3 Å². The standard InChI is InChI=1S/C21H20N6/c1-14-9-19-18(10-15(14)3-2-7-22)16(4-5-17-6-8-25-27-17)11-20(26-19)21-12-23-13-24-21/h6,8-13H,2-5H2,1H3,(H,23,24)(H,25,27)/p+1. The molecule has 0 saturated heterocycles. The number of quaternary nitrogens is 1. The third-order valence-electron chi connectivity index (χ3n) is 4.90. The lowest BCUT2D eigenvalue weighted by molar-refractivity contribution is -0.590. The van der Waals surface area contributed by atoms with E-state index in [2.05, 4.69) is 52.3 Å². The van der Waals surface area contributed by atoms with Crippen LogP contribution in [-0.2, 0) is 12.8 Å². The fraction of sp³-hybridized carbons (Fsp3) is 0.238. The molecule has 3 N–H and O–H groups in total. The van der Waals surface area contributed by atoms with Crippen molar-refractivity contribution in [3.63, 3.8) is 0 Å². The van der Waals surface area contributed by atoms with Gasteiger partial charge >= 0.3 is 0 Å². The van der Waals surface area contributed by atoms with E-state index in [1.807, 2.05) is 11.6 Å². The molecule has 3 heterocycles. The molecule has 134 valence electrons. The third kappa shape index (κ3) is 3.64. The molecule has 6 nitrogen and oxygen atoms in total. The van der Waals surface area contributed by atoms with Crippen LogP contribution in [0.25, 0.3) is 22.3 Å². The van der Waals surface area contributed by atoms with Gasteiger partial charge in [0.2, 0.25) is 0 Å². The van der Waals surface area contributed by atoms with E-state index in [0.29, 0.717) is 6.42 Å². The van der Waals surface area contributed by atoms with Gasteiger partial charge in [-0.3, -0.25) is 0 Å². The van der Waals surface area contributed by atoms with Gasteiger partial charge in [-0.2, -0.15) is 10.7 Å². The number of H-pyrrole nitrogens is 1. The molecule has 0 radical (unpaired) electrons. The molecule has 0 saturated carbocycles. The number of nitrogens with one attached hydrogen (secondary N) is 1. The Morgan fingerprint density at radius 2 is 2.07 bits per heavy atom. The summed E-state index contributed by atoms with van der Waals surface area (Å²) in [6.45, 7) is 2.09. The summed E-state index contributed by atoms with van der Waals surface area (Å²) in [5, 5.41) is 14.5. The molecule has 0 bridgehead atoms. The van der Waals surface area contributed by atoms with Gasteiger partial charge in [0.25, 0.3) is 0 Å². The number of hydrogen-bond donors (Lipinski definition) is 2. The number of imidazole rings is 1. The number of hydrogen-bond acceptors (Lipinski definition) is 4. The van der Waals surface area contributed by atoms with E-state index in [0.717, 1.165) is 47.3 Å². The monoisotopic (exact) mass is 357 g/mol. The molecular weight excluding hydrogens is 336 g/mol. The molecule has 0 atom stereocenters. The van der Waals surface area contributed by atoms with Crippen molar-refractivity contribution in [1.29, 1.82) is 5.26 Å². The molecule has 1 aliphatic rings. The molecule has 4 rings (SSSR count). The number of nitrogens with zero attached hydrogens (tertiary/aromatic N) is 4. The Balaban J connectivity index is 1.79. The van der Waals surface area contributed by atoms with Crippen molar-refractivity contribution in [1.82, 2.24) is 15.0 Å². The summed E-state index contributed by atoms with van der Waals surface area (Å²) >= 11 is 0. The van der Waals surface area contributed by atoms with Crippen LogP contribution in [0.1, 0.15) is 29.5 Å². The minimum Gasteiger partial charge on any atom is -0.343 e. The summed E-state index contributed by atoms with van der Waals surface area (Å²) in [5.74, 6) is 0. The molecule has 0 aliphatic carbocycles. The minimum absolute atomic E-state index is 0.527. The van der Waals surface area contributed by atoms with E-state index in [9.17, 15) is 0 Å². The van der Waals surface area contributed by atoms with Crippen LogP contribution in [0.3, 0.4) is 0 Å². The lowest BCUT2D eigenvalue weighted by Crippen LogP contribution is -2.69. The summed E-state index contributed by atoms with van der Waals surface area (Å²) in [6.07, 6.45) is 10.6. The maximum Gasteiger partial charge on any atom is 0.121 e. The van der Waals surface area contributed by atoms with Gasteiger partial charge < -0.3 is 4.98 Å². The molecule has 0 spiro atoms. The zero-order chi connectivity index (χ0) is 18.6. The smallest absolute Gasteiger partial charge is 0.121 e. The van der Waals surface area contributed by atoms with Crippen molar-refractivity contribution < 1.29 is 5.43 Å². The van der Waals surface area contributed by atoms with Crippen LogP contribution in [0.5, 0.6) is 0 Å². The van der Waals surface area contributed by atoms with Gasteiger partial charge in [-0.25, -0.2) is 9.97 Å². The second-order valence-electron chi connectivity index (χ2n) is 6.71. The highest BCUT2D eigenvalue weighted by Crippen LogP contribution is 2.28. The van der Waals surface area contributed by atoms with Crippen LogP contribution in [0.4, 0.5) is 0 Å². The van der Waals surface area contributed by atoms with Gasteiger partial charge in [-0.1, -0.05) is 5.10 Å². The Morgan fingerprint density at radius 3 is 2.81 bits per heavy atom. The van der Waals surface area contributed by atoms with Gasteiger partial charge in [-0.15, -0.1) is 0 Å². The average molecular weight is 357 g/mol. The predicted octanol–water partition coefficient (Wildman–Crippen LogP) is 2.77. The lowest BCUT2D eigenvalue weighted by atomic mass is 9.95. The minimum atomic E-state index is 0.527. The fourth-order valence-corrected chi connectivity index (χ4v) is 3.44. The Morgan fingerprint density at radius 1 is 1.15 bits per heavy atom. The molecule has 2 aromatic heterocycles. The highest BCUT2D eigenvalue weighted by molar-refractivity contribution is 5.95. The summed E-state index contributed by atoms with van der Waals surface area (Å²) in [6, 6.07) is 8.72. The number of fused-ring (bicyclic) bond motifs is 1. The number of aromatic amines is 1. The second-order valence-corrected chi connectivity index (χ2v) is 6.71. The molecule has 0 unspecified atom stereocenters. The Kier molecular flexibility index (Phi) is 4.77. The lowest BCUT2D eigenvalue weighted by Gasteiger charge is -2.12. The van der Waals surface area contributed by atoms with Gasteiger partial charge in [0.1, 0.15) is 11.9 Å². The molecule has 3 aromatic rings. The van der Waals surface area contributed by atoms with Gasteiger partial charge in [0.15, 0.2) is 0 Å². The van der Waals surface area contributed by atoms with E-state index in [4.69, 9.17) is 10.2 Å². The molecule has 1 aromatic carbocycles. The number of benzene rings is 1. The average Bonchev–Trinajstić information content (AvgIpc) is 3.38. The Hall–Kier alpha value is -3.30. The Labute approximate surface area is 157 Å². The van der Waals surface area contributed by atoms with Crippen LogP contribution in [-0.4, -0.2) is 20.7 Å². The number of pyridine rings is 1. The van der Waals surface area contributed by atoms with Crippen molar-refractivity contribution >= 4 is 16.6 Å². The molecule has 0 fully saturated rings. The molecule has 1 aliphatic heterocycles. The van der Waals surface area contributed by atoms with Gasteiger partial charge in [-0.05, 0) is 61.1 Å². The largest absolute Gasteiger partial charge is 0.343 e. The molecule has 27 heavy (non-hydrogen) atoms. The Bertz CT molecular complexity index is 1070. The van der Waals surface area contributed by atoms with Gasteiger partial charge in [0, 0.05) is 17.9 Å². The number of rotatable bonds is 6. The first kappa shape index (κ1) is 17.1. The van der Waals surface area contributed by atoms with Crippen LogP contribution >= 0.6 is 0 Å². The van der Waals surface area contributed by atoms with E-state index < -0.39 is 0 Å². The van der Waals surface area contributed by atoms with Crippen molar-refractivity contribution in [3.05, 3.63) is 59.7 Å². The zero-order valence-corrected chi connectivity index (χ0v) is 15.2. The number of nitriles is 1. The van der Waals surface area contributed by atoms with E-state index in [1.54, 1.807) is 12.5 Å². The maximum atomic E-state index is 8.94. The highest BCUT2D eigenvalue weighted by Gasteiger charge is 2.13. The fourth-order valence-electron chi connectivity index (χ4n) is 3.44. The summed E-state index contributed by atoms with van der Waals surface area (Å²) < 4.78 is 0. The first-order valence-corrected chi connectivity index (χ1v) is 9.10. The summed E-state index contributed by atoms with van der Waals surface area (Å²) in [5.41, 5.74) is 9.35. The summed E-state index contributed by atoms with van der Waals surface area (Å²) in [7, 11) is 0. The van der Waals surface area contributed by atoms with Crippen LogP contribution in [0, 0.1) is 18.3 Å². The first-order chi connectivity index (χ1) is 13.2. The molecular formula is C21H21N6+. The van der Waals surface area contributed by atoms with E-state index >= 15 is 0 Å². The van der Waals surface area contributed by atoms with Gasteiger partial charge in [0.05, 0.1) is 35.5 Å². The quantitative estimate of drug-likeness (QED) is 0.664. The SMILES string of the molecule is Cc1cc2nc(-c3cnc[nH]3)cc(CCC3=N[NH2+]C=C3)c2cc1CCC#N. The highest BCUT2D eigenvalue weighted by atomic mass is 15.3. The van der Waals surface area contributed by atoms with Crippen molar-refractivity contribution in [3.8, 4) is 17.5 Å². The third-order valence-corrected chi connectivity index (χ3v) is 4.90. The number of nitrogens with two attached hydrogens (primary N) is 1.